The maximum atomic E-state index is 10.9. The van der Waals surface area contributed by atoms with Crippen molar-refractivity contribution in [1.82, 2.24) is 5.32 Å². The molecule has 0 spiro atoms. The highest BCUT2D eigenvalue weighted by Crippen LogP contribution is 2.47. The molecule has 104 valence electrons. The molecule has 3 unspecified atom stereocenters. The van der Waals surface area contributed by atoms with E-state index in [2.05, 4.69) is 5.32 Å². The molecule has 1 heterocycles. The van der Waals surface area contributed by atoms with Gasteiger partial charge in [0.2, 0.25) is 0 Å². The third-order valence-electron chi connectivity index (χ3n) is 4.79. The summed E-state index contributed by atoms with van der Waals surface area (Å²) in [6, 6.07) is 1.63. The molecule has 2 saturated carbocycles. The predicted octanol–water partition coefficient (Wildman–Crippen LogP) is 2.81. The Morgan fingerprint density at radius 2 is 2.32 bits per heavy atom. The summed E-state index contributed by atoms with van der Waals surface area (Å²) in [6.45, 7) is 3.36. The van der Waals surface area contributed by atoms with Crippen LogP contribution in [0.3, 0.4) is 0 Å². The van der Waals surface area contributed by atoms with Gasteiger partial charge in [0.15, 0.2) is 0 Å². The van der Waals surface area contributed by atoms with E-state index in [1.54, 1.807) is 13.0 Å². The first-order chi connectivity index (χ1) is 9.13. The number of carboxylic acids is 1. The predicted molar refractivity (Wildman–Crippen MR) is 71.0 cm³/mol. The summed E-state index contributed by atoms with van der Waals surface area (Å²) < 4.78 is 5.46. The highest BCUT2D eigenvalue weighted by molar-refractivity contribution is 5.88. The van der Waals surface area contributed by atoms with Crippen molar-refractivity contribution in [2.45, 2.75) is 39.2 Å². The summed E-state index contributed by atoms with van der Waals surface area (Å²) in [4.78, 5) is 10.9. The number of fused-ring (bicyclic) bond motifs is 2. The Balaban J connectivity index is 1.50. The van der Waals surface area contributed by atoms with Gasteiger partial charge < -0.3 is 14.8 Å². The minimum absolute atomic E-state index is 0.275. The van der Waals surface area contributed by atoms with Crippen LogP contribution < -0.4 is 5.32 Å². The summed E-state index contributed by atoms with van der Waals surface area (Å²) in [7, 11) is 0. The fraction of sp³-hybridized carbons (Fsp3) is 0.667. The van der Waals surface area contributed by atoms with Crippen LogP contribution in [0, 0.1) is 24.7 Å². The molecule has 0 aromatic carbocycles. The number of aromatic carboxylic acids is 1. The molecule has 3 rings (SSSR count). The monoisotopic (exact) mass is 263 g/mol. The topological polar surface area (TPSA) is 62.5 Å². The summed E-state index contributed by atoms with van der Waals surface area (Å²) in [6.07, 6.45) is 5.63. The Kier molecular flexibility index (Phi) is 3.35. The van der Waals surface area contributed by atoms with Crippen molar-refractivity contribution in [3.8, 4) is 0 Å². The number of hydrogen-bond donors (Lipinski definition) is 2. The molecule has 4 heteroatoms. The summed E-state index contributed by atoms with van der Waals surface area (Å²) in [5.41, 5.74) is 0.275. The van der Waals surface area contributed by atoms with Crippen molar-refractivity contribution >= 4 is 5.97 Å². The summed E-state index contributed by atoms with van der Waals surface area (Å²) >= 11 is 0. The Bertz CT molecular complexity index is 480. The number of carbonyl (C=O) groups is 1. The van der Waals surface area contributed by atoms with Gasteiger partial charge in [0, 0.05) is 0 Å². The minimum atomic E-state index is -0.916. The van der Waals surface area contributed by atoms with E-state index in [-0.39, 0.29) is 5.56 Å². The zero-order chi connectivity index (χ0) is 13.4. The van der Waals surface area contributed by atoms with Gasteiger partial charge in [-0.15, -0.1) is 0 Å². The molecule has 4 nitrogen and oxygen atoms in total. The second-order valence-corrected chi connectivity index (χ2v) is 6.05. The Hall–Kier alpha value is -1.29. The maximum absolute atomic E-state index is 10.9. The van der Waals surface area contributed by atoms with Crippen molar-refractivity contribution in [2.24, 2.45) is 17.8 Å². The average molecular weight is 263 g/mol. The van der Waals surface area contributed by atoms with E-state index in [4.69, 9.17) is 9.52 Å². The number of nitrogens with one attached hydrogen (secondary N) is 1. The lowest BCUT2D eigenvalue weighted by atomic mass is 9.89. The van der Waals surface area contributed by atoms with E-state index in [1.807, 2.05) is 0 Å². The molecule has 2 N–H and O–H groups in total. The molecule has 2 bridgehead atoms. The van der Waals surface area contributed by atoms with Gasteiger partial charge in [0.25, 0.3) is 0 Å². The van der Waals surface area contributed by atoms with Crippen molar-refractivity contribution < 1.29 is 14.3 Å². The molecule has 0 radical (unpaired) electrons. The number of aryl methyl sites for hydroxylation is 1. The number of furan rings is 1. The van der Waals surface area contributed by atoms with Gasteiger partial charge in [-0.1, -0.05) is 6.42 Å². The van der Waals surface area contributed by atoms with Gasteiger partial charge in [0.05, 0.1) is 6.54 Å². The largest absolute Gasteiger partial charge is 0.478 e. The SMILES string of the molecule is Cc1oc(CNCC2CC3CCC2C3)cc1C(=O)O. The van der Waals surface area contributed by atoms with E-state index >= 15 is 0 Å². The lowest BCUT2D eigenvalue weighted by Crippen LogP contribution is -2.26. The summed E-state index contributed by atoms with van der Waals surface area (Å²) in [5, 5.41) is 12.4. The first-order valence-corrected chi connectivity index (χ1v) is 7.17. The van der Waals surface area contributed by atoms with Gasteiger partial charge in [0.1, 0.15) is 17.1 Å². The van der Waals surface area contributed by atoms with Gasteiger partial charge in [-0.25, -0.2) is 4.79 Å². The zero-order valence-corrected chi connectivity index (χ0v) is 11.3. The molecule has 2 aliphatic rings. The fourth-order valence-electron chi connectivity index (χ4n) is 3.85. The van der Waals surface area contributed by atoms with E-state index < -0.39 is 5.97 Å². The molecule has 0 amide bonds. The van der Waals surface area contributed by atoms with Crippen molar-refractivity contribution in [3.63, 3.8) is 0 Å². The van der Waals surface area contributed by atoms with Crippen LogP contribution in [0.5, 0.6) is 0 Å². The Morgan fingerprint density at radius 1 is 1.47 bits per heavy atom. The van der Waals surface area contributed by atoms with Crippen LogP contribution in [0.15, 0.2) is 10.5 Å². The molecular weight excluding hydrogens is 242 g/mol. The van der Waals surface area contributed by atoms with Crippen molar-refractivity contribution in [1.29, 1.82) is 0 Å². The Labute approximate surface area is 113 Å². The molecule has 0 saturated heterocycles. The first kappa shape index (κ1) is 12.7. The van der Waals surface area contributed by atoms with Gasteiger partial charge in [-0.3, -0.25) is 0 Å². The van der Waals surface area contributed by atoms with E-state index in [9.17, 15) is 4.79 Å². The Morgan fingerprint density at radius 3 is 2.89 bits per heavy atom. The number of hydrogen-bond acceptors (Lipinski definition) is 3. The van der Waals surface area contributed by atoms with E-state index in [0.29, 0.717) is 12.3 Å². The minimum Gasteiger partial charge on any atom is -0.478 e. The van der Waals surface area contributed by atoms with Crippen LogP contribution in [0.2, 0.25) is 0 Å². The molecule has 3 atom stereocenters. The molecule has 2 fully saturated rings. The first-order valence-electron chi connectivity index (χ1n) is 7.17. The number of rotatable bonds is 5. The lowest BCUT2D eigenvalue weighted by Gasteiger charge is -2.21. The lowest BCUT2D eigenvalue weighted by molar-refractivity contribution is 0.0695. The second-order valence-electron chi connectivity index (χ2n) is 6.05. The zero-order valence-electron chi connectivity index (χ0n) is 11.3. The molecular formula is C15H21NO3. The third kappa shape index (κ3) is 2.54. The highest BCUT2D eigenvalue weighted by Gasteiger charge is 2.38. The van der Waals surface area contributed by atoms with Crippen LogP contribution in [-0.4, -0.2) is 17.6 Å². The van der Waals surface area contributed by atoms with Crippen molar-refractivity contribution in [2.75, 3.05) is 6.54 Å². The number of carboxylic acid groups (broad SMARTS) is 1. The maximum Gasteiger partial charge on any atom is 0.339 e. The smallest absolute Gasteiger partial charge is 0.339 e. The van der Waals surface area contributed by atoms with Gasteiger partial charge in [-0.05, 0) is 56.6 Å². The third-order valence-corrected chi connectivity index (χ3v) is 4.79. The van der Waals surface area contributed by atoms with Gasteiger partial charge in [-0.2, -0.15) is 0 Å². The second kappa shape index (κ2) is 5.00. The van der Waals surface area contributed by atoms with Crippen molar-refractivity contribution in [3.05, 3.63) is 23.2 Å². The van der Waals surface area contributed by atoms with E-state index in [1.165, 1.54) is 25.7 Å². The quantitative estimate of drug-likeness (QED) is 0.857. The van der Waals surface area contributed by atoms with Crippen LogP contribution in [0.4, 0.5) is 0 Å². The average Bonchev–Trinajstić information content (AvgIpc) is 3.04. The van der Waals surface area contributed by atoms with E-state index in [0.717, 1.165) is 30.1 Å². The van der Waals surface area contributed by atoms with Gasteiger partial charge >= 0.3 is 5.97 Å². The summed E-state index contributed by atoms with van der Waals surface area (Å²) in [5.74, 6) is 3.00. The molecule has 1 aromatic rings. The fourth-order valence-corrected chi connectivity index (χ4v) is 3.85. The highest BCUT2D eigenvalue weighted by atomic mass is 16.4. The normalized spacial score (nSPS) is 29.0. The van der Waals surface area contributed by atoms with Crippen LogP contribution >= 0.6 is 0 Å². The van der Waals surface area contributed by atoms with Crippen LogP contribution in [0.25, 0.3) is 0 Å². The standard InChI is InChI=1S/C15H21NO3/c1-9-14(15(17)18)6-13(19-9)8-16-7-12-5-10-2-3-11(12)4-10/h6,10-12,16H,2-5,7-8H2,1H3,(H,17,18). The van der Waals surface area contributed by atoms with Crippen LogP contribution in [0.1, 0.15) is 47.6 Å². The molecule has 19 heavy (non-hydrogen) atoms. The molecule has 2 aliphatic carbocycles. The molecule has 1 aromatic heterocycles. The molecule has 0 aliphatic heterocycles. The van der Waals surface area contributed by atoms with Crippen LogP contribution in [-0.2, 0) is 6.54 Å².